The van der Waals surface area contributed by atoms with Crippen molar-refractivity contribution >= 4 is 35.0 Å². The number of nitrogens with one attached hydrogen (secondary N) is 1. The molecule has 0 spiro atoms. The average molecular weight is 382 g/mol. The summed E-state index contributed by atoms with van der Waals surface area (Å²) in [6.45, 7) is 0. The first-order valence-electron chi connectivity index (χ1n) is 6.98. The molecule has 0 saturated carbocycles. The van der Waals surface area contributed by atoms with Crippen LogP contribution >= 0.6 is 23.4 Å². The van der Waals surface area contributed by atoms with Gasteiger partial charge in [0.15, 0.2) is 0 Å². The molecule has 128 valence electrons. The van der Waals surface area contributed by atoms with Crippen molar-refractivity contribution in [2.75, 3.05) is 11.1 Å². The summed E-state index contributed by atoms with van der Waals surface area (Å²) >= 11 is 6.61. The van der Waals surface area contributed by atoms with E-state index in [1.165, 1.54) is 36.4 Å². The molecule has 1 amide bonds. The van der Waals surface area contributed by atoms with E-state index in [1.807, 2.05) is 0 Å². The van der Waals surface area contributed by atoms with Crippen LogP contribution in [0.25, 0.3) is 11.5 Å². The van der Waals surface area contributed by atoms with Gasteiger partial charge in [0.2, 0.25) is 11.8 Å². The van der Waals surface area contributed by atoms with Crippen molar-refractivity contribution in [1.29, 1.82) is 0 Å². The molecule has 1 aromatic heterocycles. The Bertz CT molecular complexity index is 903. The Balaban J connectivity index is 1.57. The van der Waals surface area contributed by atoms with E-state index in [0.717, 1.165) is 17.8 Å². The molecule has 0 aliphatic rings. The molecule has 0 atom stereocenters. The van der Waals surface area contributed by atoms with Crippen LogP contribution in [0.1, 0.15) is 0 Å². The standard InChI is InChI=1S/C16H10ClF2N3O2S/c17-12-6-5-11(7-13(12)19)20-14(23)8-25-16-22-21-15(24-16)9-1-3-10(18)4-2-9/h1-7H,8H2,(H,20,23). The van der Waals surface area contributed by atoms with E-state index in [-0.39, 0.29) is 33.6 Å². The summed E-state index contributed by atoms with van der Waals surface area (Å²) in [5.41, 5.74) is 0.867. The first-order valence-corrected chi connectivity index (χ1v) is 8.35. The second-order valence-corrected chi connectivity index (χ2v) is 6.18. The average Bonchev–Trinajstić information content (AvgIpc) is 3.06. The normalized spacial score (nSPS) is 10.7. The number of carbonyl (C=O) groups excluding carboxylic acids is 1. The summed E-state index contributed by atoms with van der Waals surface area (Å²) in [6.07, 6.45) is 0. The molecule has 1 heterocycles. The molecule has 0 aliphatic heterocycles. The number of benzene rings is 2. The van der Waals surface area contributed by atoms with Gasteiger partial charge in [0.1, 0.15) is 11.6 Å². The summed E-state index contributed by atoms with van der Waals surface area (Å²) in [5, 5.41) is 10.4. The van der Waals surface area contributed by atoms with Crippen LogP contribution in [0, 0.1) is 11.6 Å². The van der Waals surface area contributed by atoms with Crippen molar-refractivity contribution in [2.45, 2.75) is 5.22 Å². The van der Waals surface area contributed by atoms with Crippen molar-refractivity contribution in [1.82, 2.24) is 10.2 Å². The maximum Gasteiger partial charge on any atom is 0.277 e. The summed E-state index contributed by atoms with van der Waals surface area (Å²) in [6, 6.07) is 9.57. The predicted octanol–water partition coefficient (Wildman–Crippen LogP) is 4.40. The molecule has 0 unspecified atom stereocenters. The molecule has 9 heteroatoms. The fraction of sp³-hybridized carbons (Fsp3) is 0.0625. The van der Waals surface area contributed by atoms with Crippen LogP contribution in [0.3, 0.4) is 0 Å². The van der Waals surface area contributed by atoms with Gasteiger partial charge in [-0.3, -0.25) is 4.79 Å². The van der Waals surface area contributed by atoms with Crippen LogP contribution in [0.4, 0.5) is 14.5 Å². The second-order valence-electron chi connectivity index (χ2n) is 4.85. The monoisotopic (exact) mass is 381 g/mol. The fourth-order valence-corrected chi connectivity index (χ4v) is 2.56. The molecule has 0 radical (unpaired) electrons. The number of anilines is 1. The number of hydrogen-bond donors (Lipinski definition) is 1. The highest BCUT2D eigenvalue weighted by molar-refractivity contribution is 7.99. The molecule has 3 rings (SSSR count). The molecular formula is C16H10ClF2N3O2S. The number of halogens is 3. The molecule has 2 aromatic carbocycles. The van der Waals surface area contributed by atoms with Crippen molar-refractivity contribution in [3.05, 3.63) is 59.1 Å². The topological polar surface area (TPSA) is 68.0 Å². The minimum atomic E-state index is -0.618. The van der Waals surface area contributed by atoms with E-state index in [0.29, 0.717) is 11.3 Å². The summed E-state index contributed by atoms with van der Waals surface area (Å²) in [5.74, 6) is -1.13. The molecule has 1 N–H and O–H groups in total. The van der Waals surface area contributed by atoms with Gasteiger partial charge < -0.3 is 9.73 Å². The van der Waals surface area contributed by atoms with Crippen molar-refractivity contribution in [2.24, 2.45) is 0 Å². The van der Waals surface area contributed by atoms with Crippen LogP contribution in [-0.2, 0) is 4.79 Å². The quantitative estimate of drug-likeness (QED) is 0.663. The minimum absolute atomic E-state index is 0.00467. The van der Waals surface area contributed by atoms with Gasteiger partial charge in [-0.15, -0.1) is 10.2 Å². The lowest BCUT2D eigenvalue weighted by atomic mass is 10.2. The van der Waals surface area contributed by atoms with Gasteiger partial charge in [-0.1, -0.05) is 23.4 Å². The highest BCUT2D eigenvalue weighted by atomic mass is 35.5. The van der Waals surface area contributed by atoms with Crippen LogP contribution in [0.5, 0.6) is 0 Å². The number of nitrogens with zero attached hydrogens (tertiary/aromatic N) is 2. The highest BCUT2D eigenvalue weighted by Gasteiger charge is 2.12. The van der Waals surface area contributed by atoms with E-state index in [2.05, 4.69) is 15.5 Å². The van der Waals surface area contributed by atoms with E-state index in [4.69, 9.17) is 16.0 Å². The third kappa shape index (κ3) is 4.55. The number of carbonyl (C=O) groups is 1. The molecule has 0 saturated heterocycles. The molecule has 3 aromatic rings. The van der Waals surface area contributed by atoms with Crippen molar-refractivity contribution in [3.63, 3.8) is 0 Å². The van der Waals surface area contributed by atoms with Gasteiger partial charge in [0.25, 0.3) is 5.22 Å². The Kier molecular flexibility index (Phi) is 5.30. The molecule has 5 nitrogen and oxygen atoms in total. The number of hydrogen-bond acceptors (Lipinski definition) is 5. The Labute approximate surface area is 150 Å². The van der Waals surface area contributed by atoms with Crippen LogP contribution in [-0.4, -0.2) is 21.9 Å². The summed E-state index contributed by atoms with van der Waals surface area (Å²) < 4.78 is 31.6. The first-order chi connectivity index (χ1) is 12.0. The predicted molar refractivity (Wildman–Crippen MR) is 90.5 cm³/mol. The van der Waals surface area contributed by atoms with E-state index in [9.17, 15) is 13.6 Å². The summed E-state index contributed by atoms with van der Waals surface area (Å²) in [7, 11) is 0. The molecule has 0 aliphatic carbocycles. The third-order valence-electron chi connectivity index (χ3n) is 3.03. The van der Waals surface area contributed by atoms with Crippen LogP contribution in [0.2, 0.25) is 5.02 Å². The summed E-state index contributed by atoms with van der Waals surface area (Å²) in [4.78, 5) is 11.9. The maximum absolute atomic E-state index is 13.3. The zero-order valence-corrected chi connectivity index (χ0v) is 14.1. The van der Waals surface area contributed by atoms with Crippen LogP contribution in [0.15, 0.2) is 52.1 Å². The fourth-order valence-electron chi connectivity index (χ4n) is 1.88. The van der Waals surface area contributed by atoms with Crippen molar-refractivity contribution in [3.8, 4) is 11.5 Å². The Morgan fingerprint density at radius 1 is 1.16 bits per heavy atom. The van der Waals surface area contributed by atoms with Gasteiger partial charge in [0.05, 0.1) is 10.8 Å². The molecule has 25 heavy (non-hydrogen) atoms. The van der Waals surface area contributed by atoms with Crippen LogP contribution < -0.4 is 5.32 Å². The lowest BCUT2D eigenvalue weighted by Crippen LogP contribution is -2.14. The van der Waals surface area contributed by atoms with Gasteiger partial charge in [-0.05, 0) is 42.5 Å². The lowest BCUT2D eigenvalue weighted by molar-refractivity contribution is -0.113. The van der Waals surface area contributed by atoms with Gasteiger partial charge in [0, 0.05) is 11.3 Å². The maximum atomic E-state index is 13.3. The first kappa shape index (κ1) is 17.4. The zero-order chi connectivity index (χ0) is 17.8. The minimum Gasteiger partial charge on any atom is -0.411 e. The van der Waals surface area contributed by atoms with Gasteiger partial charge in [-0.2, -0.15) is 0 Å². The smallest absolute Gasteiger partial charge is 0.277 e. The number of aromatic nitrogens is 2. The zero-order valence-electron chi connectivity index (χ0n) is 12.5. The van der Waals surface area contributed by atoms with Gasteiger partial charge >= 0.3 is 0 Å². The Morgan fingerprint density at radius 3 is 2.64 bits per heavy atom. The van der Waals surface area contributed by atoms with Gasteiger partial charge in [-0.25, -0.2) is 8.78 Å². The Morgan fingerprint density at radius 2 is 1.92 bits per heavy atom. The number of rotatable bonds is 5. The van der Waals surface area contributed by atoms with Crippen molar-refractivity contribution < 1.29 is 18.0 Å². The second kappa shape index (κ2) is 7.62. The van der Waals surface area contributed by atoms with E-state index < -0.39 is 5.82 Å². The Hall–Kier alpha value is -2.45. The third-order valence-corrected chi connectivity index (χ3v) is 4.15. The number of amides is 1. The number of thioether (sulfide) groups is 1. The van der Waals surface area contributed by atoms with E-state index >= 15 is 0 Å². The lowest BCUT2D eigenvalue weighted by Gasteiger charge is -2.04. The molecule has 0 bridgehead atoms. The molecular weight excluding hydrogens is 372 g/mol. The largest absolute Gasteiger partial charge is 0.411 e. The van der Waals surface area contributed by atoms with E-state index in [1.54, 1.807) is 0 Å². The molecule has 0 fully saturated rings. The SMILES string of the molecule is O=C(CSc1nnc(-c2ccc(F)cc2)o1)Nc1ccc(Cl)c(F)c1. The highest BCUT2D eigenvalue weighted by Crippen LogP contribution is 2.24.